The van der Waals surface area contributed by atoms with Crippen molar-refractivity contribution in [2.75, 3.05) is 5.75 Å². The SMILES string of the molecule is CCC(C)C(NC(=O)C(N)CS)C(=O)NC(Cc1c[nH]c2ccccc12)C(=O)NC(CC(=O)O)C(=O)O. The van der Waals surface area contributed by atoms with Gasteiger partial charge in [-0.3, -0.25) is 19.2 Å². The summed E-state index contributed by atoms with van der Waals surface area (Å²) in [4.78, 5) is 64.5. The average molecular weight is 536 g/mol. The highest BCUT2D eigenvalue weighted by Crippen LogP contribution is 2.19. The maximum atomic E-state index is 13.3. The van der Waals surface area contributed by atoms with Gasteiger partial charge in [-0.25, -0.2) is 4.79 Å². The Labute approximate surface area is 219 Å². The Hall–Kier alpha value is -3.58. The number of nitrogens with two attached hydrogens (primary N) is 1. The molecule has 5 atom stereocenters. The summed E-state index contributed by atoms with van der Waals surface area (Å²) in [5.41, 5.74) is 7.19. The first-order valence-electron chi connectivity index (χ1n) is 11.8. The van der Waals surface area contributed by atoms with Crippen molar-refractivity contribution in [3.8, 4) is 0 Å². The van der Waals surface area contributed by atoms with Gasteiger partial charge in [-0.2, -0.15) is 12.6 Å². The number of carboxylic acid groups (broad SMARTS) is 2. The Balaban J connectivity index is 2.35. The average Bonchev–Trinajstić information content (AvgIpc) is 3.27. The molecule has 0 bridgehead atoms. The lowest BCUT2D eigenvalue weighted by Crippen LogP contribution is -2.59. The number of amides is 3. The Bertz CT molecular complexity index is 1140. The van der Waals surface area contributed by atoms with Gasteiger partial charge in [0, 0.05) is 29.3 Å². The van der Waals surface area contributed by atoms with Gasteiger partial charge in [-0.1, -0.05) is 38.5 Å². The lowest BCUT2D eigenvalue weighted by Gasteiger charge is -2.27. The molecule has 13 heteroatoms. The molecular weight excluding hydrogens is 502 g/mol. The number of carbonyl (C=O) groups excluding carboxylic acids is 3. The standard InChI is InChI=1S/C24H33N5O7S/c1-3-12(2)20(29-21(32)15(25)11-37)23(34)27-17(22(33)28-18(24(35)36)9-19(30)31)8-13-10-26-16-7-5-4-6-14(13)16/h4-7,10,12,15,17-18,20,26,37H,3,8-9,11,25H2,1-2H3,(H,27,34)(H,28,33)(H,29,32)(H,30,31)(H,35,36). The maximum absolute atomic E-state index is 13.3. The molecule has 0 aliphatic rings. The number of nitrogens with one attached hydrogen (secondary N) is 4. The van der Waals surface area contributed by atoms with Crippen molar-refractivity contribution in [3.05, 3.63) is 36.0 Å². The summed E-state index contributed by atoms with van der Waals surface area (Å²) in [7, 11) is 0. The van der Waals surface area contributed by atoms with Crippen LogP contribution in [0.4, 0.5) is 0 Å². The Morgan fingerprint density at radius 3 is 2.24 bits per heavy atom. The lowest BCUT2D eigenvalue weighted by atomic mass is 9.96. The fraction of sp³-hybridized carbons (Fsp3) is 0.458. The molecule has 2 aromatic rings. The van der Waals surface area contributed by atoms with E-state index in [1.807, 2.05) is 25.1 Å². The number of para-hydroxylation sites is 1. The molecule has 0 radical (unpaired) electrons. The van der Waals surface area contributed by atoms with E-state index in [1.165, 1.54) is 0 Å². The van der Waals surface area contributed by atoms with Crippen LogP contribution in [0.25, 0.3) is 10.9 Å². The van der Waals surface area contributed by atoms with Crippen molar-refractivity contribution in [2.45, 2.75) is 57.3 Å². The summed E-state index contributed by atoms with van der Waals surface area (Å²) in [6, 6.07) is 2.33. The topological polar surface area (TPSA) is 204 Å². The van der Waals surface area contributed by atoms with Gasteiger partial charge in [0.1, 0.15) is 18.1 Å². The molecule has 8 N–H and O–H groups in total. The molecule has 0 fully saturated rings. The minimum atomic E-state index is -1.70. The highest BCUT2D eigenvalue weighted by atomic mass is 32.1. The second kappa shape index (κ2) is 13.7. The highest BCUT2D eigenvalue weighted by Gasteiger charge is 2.33. The number of hydrogen-bond donors (Lipinski definition) is 8. The van der Waals surface area contributed by atoms with Crippen LogP contribution in [0.1, 0.15) is 32.3 Å². The Kier molecular flexibility index (Phi) is 10.9. The molecule has 0 aliphatic carbocycles. The number of fused-ring (bicyclic) bond motifs is 1. The van der Waals surface area contributed by atoms with Gasteiger partial charge in [-0.05, 0) is 17.5 Å². The predicted molar refractivity (Wildman–Crippen MR) is 139 cm³/mol. The minimum Gasteiger partial charge on any atom is -0.481 e. The van der Waals surface area contributed by atoms with E-state index in [-0.39, 0.29) is 18.1 Å². The fourth-order valence-electron chi connectivity index (χ4n) is 3.68. The number of benzene rings is 1. The van der Waals surface area contributed by atoms with Crippen LogP contribution in [-0.2, 0) is 30.4 Å². The van der Waals surface area contributed by atoms with Gasteiger partial charge in [0.25, 0.3) is 0 Å². The van der Waals surface area contributed by atoms with E-state index in [4.69, 9.17) is 10.8 Å². The largest absolute Gasteiger partial charge is 0.481 e. The van der Waals surface area contributed by atoms with Crippen LogP contribution < -0.4 is 21.7 Å². The number of hydrogen-bond acceptors (Lipinski definition) is 7. The van der Waals surface area contributed by atoms with Crippen LogP contribution in [0.5, 0.6) is 0 Å². The zero-order valence-corrected chi connectivity index (χ0v) is 21.5. The van der Waals surface area contributed by atoms with E-state index in [0.29, 0.717) is 12.0 Å². The van der Waals surface area contributed by atoms with Crippen molar-refractivity contribution >= 4 is 53.2 Å². The monoisotopic (exact) mass is 535 g/mol. The summed E-state index contributed by atoms with van der Waals surface area (Å²) < 4.78 is 0. The number of thiol groups is 1. The zero-order valence-electron chi connectivity index (χ0n) is 20.6. The molecule has 37 heavy (non-hydrogen) atoms. The van der Waals surface area contributed by atoms with Crippen molar-refractivity contribution in [1.82, 2.24) is 20.9 Å². The molecule has 0 saturated heterocycles. The molecule has 202 valence electrons. The second-order valence-corrected chi connectivity index (χ2v) is 9.15. The first kappa shape index (κ1) is 29.6. The number of aromatic amines is 1. The van der Waals surface area contributed by atoms with Gasteiger partial charge in [0.2, 0.25) is 17.7 Å². The third kappa shape index (κ3) is 8.22. The number of aromatic nitrogens is 1. The fourth-order valence-corrected chi connectivity index (χ4v) is 3.85. The van der Waals surface area contributed by atoms with Crippen LogP contribution in [0.3, 0.4) is 0 Å². The van der Waals surface area contributed by atoms with Gasteiger partial charge in [0.05, 0.1) is 12.5 Å². The molecule has 2 rings (SSSR count). The quantitative estimate of drug-likeness (QED) is 0.155. The summed E-state index contributed by atoms with van der Waals surface area (Å²) in [5.74, 6) is -5.34. The van der Waals surface area contributed by atoms with Gasteiger partial charge >= 0.3 is 11.9 Å². The molecule has 1 heterocycles. The number of H-pyrrole nitrogens is 1. The normalized spacial score (nSPS) is 15.1. The molecule has 0 saturated carbocycles. The Morgan fingerprint density at radius 1 is 1.00 bits per heavy atom. The molecule has 12 nitrogen and oxygen atoms in total. The predicted octanol–water partition coefficient (Wildman–Crippen LogP) is 0.0273. The van der Waals surface area contributed by atoms with Crippen LogP contribution in [0.15, 0.2) is 30.5 Å². The summed E-state index contributed by atoms with van der Waals surface area (Å²) in [6.45, 7) is 3.58. The van der Waals surface area contributed by atoms with Crippen molar-refractivity contribution in [2.24, 2.45) is 11.7 Å². The number of rotatable bonds is 14. The third-order valence-corrected chi connectivity index (χ3v) is 6.45. The van der Waals surface area contributed by atoms with Crippen LogP contribution in [-0.4, -0.2) is 74.8 Å². The molecule has 3 amide bonds. The molecule has 0 aliphatic heterocycles. The molecular formula is C24H33N5O7S. The van der Waals surface area contributed by atoms with Crippen LogP contribution >= 0.6 is 12.6 Å². The smallest absolute Gasteiger partial charge is 0.326 e. The minimum absolute atomic E-state index is 0.0294. The zero-order chi connectivity index (χ0) is 27.7. The van der Waals surface area contributed by atoms with Crippen molar-refractivity contribution in [3.63, 3.8) is 0 Å². The first-order chi connectivity index (χ1) is 17.5. The van der Waals surface area contributed by atoms with Crippen LogP contribution in [0, 0.1) is 5.92 Å². The molecule has 0 spiro atoms. The second-order valence-electron chi connectivity index (χ2n) is 8.78. The van der Waals surface area contributed by atoms with E-state index in [0.717, 1.165) is 10.9 Å². The van der Waals surface area contributed by atoms with Crippen molar-refractivity contribution < 1.29 is 34.2 Å². The summed E-state index contributed by atoms with van der Waals surface area (Å²) >= 11 is 4.00. The first-order valence-corrected chi connectivity index (χ1v) is 12.4. The van der Waals surface area contributed by atoms with E-state index in [2.05, 4.69) is 33.6 Å². The van der Waals surface area contributed by atoms with Gasteiger partial charge in [0.15, 0.2) is 0 Å². The van der Waals surface area contributed by atoms with Gasteiger partial charge < -0.3 is 36.9 Å². The molecule has 1 aromatic carbocycles. The van der Waals surface area contributed by atoms with Crippen LogP contribution in [0.2, 0.25) is 0 Å². The number of carboxylic acids is 2. The lowest BCUT2D eigenvalue weighted by molar-refractivity contribution is -0.147. The number of aliphatic carboxylic acids is 2. The van der Waals surface area contributed by atoms with E-state index in [9.17, 15) is 29.1 Å². The summed E-state index contributed by atoms with van der Waals surface area (Å²) in [5, 5.41) is 26.6. The Morgan fingerprint density at radius 2 is 1.65 bits per heavy atom. The summed E-state index contributed by atoms with van der Waals surface area (Å²) in [6.07, 6.45) is 1.32. The van der Waals surface area contributed by atoms with Crippen molar-refractivity contribution in [1.29, 1.82) is 0 Å². The molecule has 1 aromatic heterocycles. The molecule has 5 unspecified atom stereocenters. The third-order valence-electron chi connectivity index (χ3n) is 6.05. The highest BCUT2D eigenvalue weighted by molar-refractivity contribution is 7.80. The maximum Gasteiger partial charge on any atom is 0.326 e. The number of carbonyl (C=O) groups is 5. The van der Waals surface area contributed by atoms with E-state index >= 15 is 0 Å². The van der Waals surface area contributed by atoms with E-state index < -0.39 is 60.2 Å². The van der Waals surface area contributed by atoms with E-state index in [1.54, 1.807) is 19.2 Å². The van der Waals surface area contributed by atoms with Gasteiger partial charge in [-0.15, -0.1) is 0 Å².